The molecule has 2 unspecified atom stereocenters. The molecule has 14 heavy (non-hydrogen) atoms. The minimum absolute atomic E-state index is 0.500. The van der Waals surface area contributed by atoms with E-state index in [-0.39, 0.29) is 0 Å². The summed E-state index contributed by atoms with van der Waals surface area (Å²) in [6, 6.07) is 2.62. The van der Waals surface area contributed by atoms with Crippen LogP contribution in [0.15, 0.2) is 16.7 Å². The third kappa shape index (κ3) is 1.71. The van der Waals surface area contributed by atoms with E-state index in [0.29, 0.717) is 12.0 Å². The molecule has 2 atom stereocenters. The molecule has 2 rings (SSSR count). The molecule has 2 heteroatoms. The number of hydrogen-bond donors (Lipinski definition) is 1. The van der Waals surface area contributed by atoms with Crippen LogP contribution in [0.2, 0.25) is 0 Å². The summed E-state index contributed by atoms with van der Waals surface area (Å²) in [5, 5.41) is 3.58. The van der Waals surface area contributed by atoms with E-state index in [1.165, 1.54) is 17.7 Å². The zero-order chi connectivity index (χ0) is 10.1. The monoisotopic (exact) mass is 193 g/mol. The first-order valence-electron chi connectivity index (χ1n) is 5.49. The molecule has 0 radical (unpaired) electrons. The molecule has 1 aliphatic heterocycles. The Balaban J connectivity index is 2.20. The van der Waals surface area contributed by atoms with Crippen molar-refractivity contribution in [1.29, 1.82) is 0 Å². The Morgan fingerprint density at radius 1 is 1.57 bits per heavy atom. The van der Waals surface area contributed by atoms with Crippen molar-refractivity contribution in [2.45, 2.75) is 39.2 Å². The van der Waals surface area contributed by atoms with Crippen molar-refractivity contribution in [2.24, 2.45) is 5.92 Å². The largest absolute Gasteiger partial charge is 0.469 e. The second kappa shape index (κ2) is 3.77. The normalized spacial score (nSPS) is 26.6. The Kier molecular flexibility index (Phi) is 2.64. The summed E-state index contributed by atoms with van der Waals surface area (Å²) in [7, 11) is 0. The third-order valence-corrected chi connectivity index (χ3v) is 2.93. The van der Waals surface area contributed by atoms with Crippen molar-refractivity contribution in [3.63, 3.8) is 0 Å². The van der Waals surface area contributed by atoms with E-state index in [4.69, 9.17) is 4.42 Å². The Hall–Kier alpha value is -0.760. The lowest BCUT2D eigenvalue weighted by Crippen LogP contribution is -2.31. The summed E-state index contributed by atoms with van der Waals surface area (Å²) < 4.78 is 5.54. The van der Waals surface area contributed by atoms with Crippen LogP contribution in [-0.4, -0.2) is 6.54 Å². The smallest absolute Gasteiger partial charge is 0.112 e. The topological polar surface area (TPSA) is 25.2 Å². The van der Waals surface area contributed by atoms with Crippen LogP contribution >= 0.6 is 0 Å². The van der Waals surface area contributed by atoms with Crippen LogP contribution in [0.3, 0.4) is 0 Å². The van der Waals surface area contributed by atoms with Gasteiger partial charge < -0.3 is 9.73 Å². The number of rotatable bonds is 2. The Bertz CT molecular complexity index is 303. The second-order valence-electron chi connectivity index (χ2n) is 4.73. The maximum absolute atomic E-state index is 5.54. The van der Waals surface area contributed by atoms with Crippen molar-refractivity contribution in [2.75, 3.05) is 6.54 Å². The molecule has 0 fully saturated rings. The molecule has 0 saturated carbocycles. The first-order chi connectivity index (χ1) is 6.68. The third-order valence-electron chi connectivity index (χ3n) is 2.93. The fraction of sp³-hybridized carbons (Fsp3) is 0.667. The highest BCUT2D eigenvalue weighted by Crippen LogP contribution is 2.33. The van der Waals surface area contributed by atoms with Crippen molar-refractivity contribution >= 4 is 0 Å². The van der Waals surface area contributed by atoms with Crippen LogP contribution in [0, 0.1) is 5.92 Å². The minimum atomic E-state index is 0.500. The fourth-order valence-electron chi connectivity index (χ4n) is 2.22. The highest BCUT2D eigenvalue weighted by atomic mass is 16.3. The summed E-state index contributed by atoms with van der Waals surface area (Å²) in [5.41, 5.74) is 1.37. The molecule has 1 N–H and O–H groups in total. The van der Waals surface area contributed by atoms with Crippen LogP contribution < -0.4 is 5.32 Å². The van der Waals surface area contributed by atoms with Crippen LogP contribution in [0.5, 0.6) is 0 Å². The van der Waals surface area contributed by atoms with Gasteiger partial charge in [0.1, 0.15) is 5.76 Å². The lowest BCUT2D eigenvalue weighted by Gasteiger charge is -2.28. The molecule has 2 nitrogen and oxygen atoms in total. The average Bonchev–Trinajstić information content (AvgIpc) is 2.58. The summed E-state index contributed by atoms with van der Waals surface area (Å²) >= 11 is 0. The second-order valence-corrected chi connectivity index (χ2v) is 4.73. The zero-order valence-corrected chi connectivity index (χ0v) is 9.21. The van der Waals surface area contributed by atoms with Crippen molar-refractivity contribution in [1.82, 2.24) is 5.32 Å². The van der Waals surface area contributed by atoms with Gasteiger partial charge in [0.25, 0.3) is 0 Å². The van der Waals surface area contributed by atoms with E-state index in [9.17, 15) is 0 Å². The van der Waals surface area contributed by atoms with Crippen LogP contribution in [0.25, 0.3) is 0 Å². The Morgan fingerprint density at radius 2 is 2.36 bits per heavy atom. The first-order valence-corrected chi connectivity index (χ1v) is 5.49. The van der Waals surface area contributed by atoms with Crippen LogP contribution in [0.4, 0.5) is 0 Å². The average molecular weight is 193 g/mol. The molecule has 1 aliphatic rings. The highest BCUT2D eigenvalue weighted by molar-refractivity contribution is 5.27. The summed E-state index contributed by atoms with van der Waals surface area (Å²) in [6.45, 7) is 7.78. The molecular weight excluding hydrogens is 174 g/mol. The summed E-state index contributed by atoms with van der Waals surface area (Å²) in [5.74, 6) is 2.43. The number of nitrogens with one attached hydrogen (secondary N) is 1. The molecule has 0 amide bonds. The molecule has 0 spiro atoms. The SMILES string of the molecule is CC(C)CC1NCC(C)c2occc21. The molecule has 0 aromatic carbocycles. The van der Waals surface area contributed by atoms with Gasteiger partial charge in [-0.15, -0.1) is 0 Å². The predicted molar refractivity (Wildman–Crippen MR) is 57.3 cm³/mol. The van der Waals surface area contributed by atoms with Gasteiger partial charge in [-0.2, -0.15) is 0 Å². The quantitative estimate of drug-likeness (QED) is 0.780. The van der Waals surface area contributed by atoms with E-state index in [2.05, 4.69) is 32.2 Å². The van der Waals surface area contributed by atoms with Crippen LogP contribution in [0.1, 0.15) is 50.5 Å². The molecule has 1 aromatic heterocycles. The van der Waals surface area contributed by atoms with Gasteiger partial charge in [0.05, 0.1) is 6.26 Å². The lowest BCUT2D eigenvalue weighted by atomic mass is 9.90. The van der Waals surface area contributed by atoms with Gasteiger partial charge >= 0.3 is 0 Å². The Labute approximate surface area is 85.7 Å². The van der Waals surface area contributed by atoms with Gasteiger partial charge in [0, 0.05) is 24.1 Å². The molecule has 2 heterocycles. The summed E-state index contributed by atoms with van der Waals surface area (Å²) in [6.07, 6.45) is 3.01. The molecule has 1 aromatic rings. The number of fused-ring (bicyclic) bond motifs is 1. The number of hydrogen-bond acceptors (Lipinski definition) is 2. The standard InChI is InChI=1S/C12H19NO/c1-8(2)6-11-10-4-5-14-12(10)9(3)7-13-11/h4-5,8-9,11,13H,6-7H2,1-3H3. The molecular formula is C12H19NO. The van der Waals surface area contributed by atoms with Crippen molar-refractivity contribution in [3.05, 3.63) is 23.7 Å². The summed E-state index contributed by atoms with van der Waals surface area (Å²) in [4.78, 5) is 0. The van der Waals surface area contributed by atoms with Gasteiger partial charge in [-0.05, 0) is 18.4 Å². The lowest BCUT2D eigenvalue weighted by molar-refractivity contribution is 0.358. The van der Waals surface area contributed by atoms with Crippen molar-refractivity contribution in [3.8, 4) is 0 Å². The van der Waals surface area contributed by atoms with Gasteiger partial charge in [-0.1, -0.05) is 20.8 Å². The van der Waals surface area contributed by atoms with E-state index >= 15 is 0 Å². The van der Waals surface area contributed by atoms with Gasteiger partial charge in [-0.25, -0.2) is 0 Å². The maximum atomic E-state index is 5.54. The predicted octanol–water partition coefficient (Wildman–Crippen LogP) is 3.07. The zero-order valence-electron chi connectivity index (χ0n) is 9.21. The Morgan fingerprint density at radius 3 is 3.07 bits per heavy atom. The molecule has 0 saturated heterocycles. The van der Waals surface area contributed by atoms with E-state index < -0.39 is 0 Å². The number of furan rings is 1. The van der Waals surface area contributed by atoms with E-state index in [1.54, 1.807) is 0 Å². The molecule has 78 valence electrons. The van der Waals surface area contributed by atoms with Gasteiger partial charge in [0.2, 0.25) is 0 Å². The van der Waals surface area contributed by atoms with Crippen molar-refractivity contribution < 1.29 is 4.42 Å². The molecule has 0 aliphatic carbocycles. The van der Waals surface area contributed by atoms with Gasteiger partial charge in [-0.3, -0.25) is 0 Å². The fourth-order valence-corrected chi connectivity index (χ4v) is 2.22. The van der Waals surface area contributed by atoms with E-state index in [1.807, 2.05) is 6.26 Å². The van der Waals surface area contributed by atoms with Gasteiger partial charge in [0.15, 0.2) is 0 Å². The highest BCUT2D eigenvalue weighted by Gasteiger charge is 2.27. The van der Waals surface area contributed by atoms with E-state index in [0.717, 1.165) is 12.5 Å². The first kappa shape index (κ1) is 9.78. The van der Waals surface area contributed by atoms with Crippen LogP contribution in [-0.2, 0) is 0 Å². The molecule has 0 bridgehead atoms. The minimum Gasteiger partial charge on any atom is -0.469 e. The maximum Gasteiger partial charge on any atom is 0.112 e.